The molecule has 4 N–H and O–H groups in total. The Morgan fingerprint density at radius 1 is 1.17 bits per heavy atom. The van der Waals surface area contributed by atoms with Crippen LogP contribution in [0.2, 0.25) is 0 Å². The highest BCUT2D eigenvalue weighted by Crippen LogP contribution is 2.48. The molecule has 2 atom stereocenters. The molecule has 0 radical (unpaired) electrons. The van der Waals surface area contributed by atoms with Gasteiger partial charge in [-0.1, -0.05) is 49.4 Å². The molecule has 1 aromatic heterocycles. The summed E-state index contributed by atoms with van der Waals surface area (Å²) in [7, 11) is 0. The summed E-state index contributed by atoms with van der Waals surface area (Å²) in [6, 6.07) is 18.3. The Balaban J connectivity index is 1.55. The molecule has 1 aliphatic carbocycles. The number of nitrogens with one attached hydrogen (secondary N) is 1. The maximum absolute atomic E-state index is 13.1. The van der Waals surface area contributed by atoms with Crippen LogP contribution in [0.5, 0.6) is 5.75 Å². The Hall–Kier alpha value is -3.58. The molecule has 4 rings (SSSR count). The van der Waals surface area contributed by atoms with E-state index in [-0.39, 0.29) is 35.7 Å². The molecule has 1 aliphatic rings. The van der Waals surface area contributed by atoms with Gasteiger partial charge in [0.2, 0.25) is 0 Å². The SMILES string of the molecule is CCC(CCN)c1cc(O)c(C(c2cccc(NC(=O)OCc3ccccc3)c2)C2CC2)c(=O)o1. The first kappa shape index (κ1) is 24.5. The van der Waals surface area contributed by atoms with Crippen LogP contribution in [0.15, 0.2) is 69.9 Å². The van der Waals surface area contributed by atoms with E-state index in [2.05, 4.69) is 5.32 Å². The zero-order chi connectivity index (χ0) is 24.8. The summed E-state index contributed by atoms with van der Waals surface area (Å²) in [4.78, 5) is 25.4. The first-order valence-electron chi connectivity index (χ1n) is 12.1. The third-order valence-corrected chi connectivity index (χ3v) is 6.51. The number of hydrogen-bond donors (Lipinski definition) is 3. The van der Waals surface area contributed by atoms with Crippen LogP contribution < -0.4 is 16.7 Å². The van der Waals surface area contributed by atoms with Crippen molar-refractivity contribution in [3.8, 4) is 5.75 Å². The summed E-state index contributed by atoms with van der Waals surface area (Å²) in [6.45, 7) is 2.64. The lowest BCUT2D eigenvalue weighted by molar-refractivity contribution is 0.155. The minimum Gasteiger partial charge on any atom is -0.507 e. The van der Waals surface area contributed by atoms with E-state index in [1.165, 1.54) is 0 Å². The fraction of sp³-hybridized carbons (Fsp3) is 0.357. The number of hydrogen-bond acceptors (Lipinski definition) is 6. The van der Waals surface area contributed by atoms with E-state index in [4.69, 9.17) is 14.9 Å². The van der Waals surface area contributed by atoms with Crippen molar-refractivity contribution >= 4 is 11.8 Å². The summed E-state index contributed by atoms with van der Waals surface area (Å²) in [5.41, 5.74) is 7.73. The average molecular weight is 477 g/mol. The van der Waals surface area contributed by atoms with Gasteiger partial charge in [0.25, 0.3) is 0 Å². The van der Waals surface area contributed by atoms with Crippen LogP contribution in [0, 0.1) is 5.92 Å². The molecule has 1 fully saturated rings. The second-order valence-corrected chi connectivity index (χ2v) is 9.04. The van der Waals surface area contributed by atoms with Crippen molar-refractivity contribution < 1.29 is 19.1 Å². The van der Waals surface area contributed by atoms with E-state index < -0.39 is 11.7 Å². The molecular formula is C28H32N2O5. The lowest BCUT2D eigenvalue weighted by Gasteiger charge is -2.20. The van der Waals surface area contributed by atoms with Crippen LogP contribution in [0.3, 0.4) is 0 Å². The number of nitrogens with two attached hydrogens (primary N) is 1. The van der Waals surface area contributed by atoms with Gasteiger partial charge in [0.15, 0.2) is 0 Å². The van der Waals surface area contributed by atoms with Crippen molar-refractivity contribution in [2.75, 3.05) is 11.9 Å². The van der Waals surface area contributed by atoms with Crippen LogP contribution >= 0.6 is 0 Å². The molecule has 0 aliphatic heterocycles. The fourth-order valence-corrected chi connectivity index (χ4v) is 4.54. The van der Waals surface area contributed by atoms with E-state index >= 15 is 0 Å². The molecule has 2 unspecified atom stereocenters. The summed E-state index contributed by atoms with van der Waals surface area (Å²) in [5, 5.41) is 13.7. The molecular weight excluding hydrogens is 444 g/mol. The summed E-state index contributed by atoms with van der Waals surface area (Å²) < 4.78 is 11.0. The quantitative estimate of drug-likeness (QED) is 0.357. The Bertz CT molecular complexity index is 1200. The van der Waals surface area contributed by atoms with Crippen LogP contribution in [-0.2, 0) is 11.3 Å². The van der Waals surface area contributed by atoms with Crippen LogP contribution in [-0.4, -0.2) is 17.7 Å². The van der Waals surface area contributed by atoms with Gasteiger partial charge < -0.3 is 20.0 Å². The predicted octanol–water partition coefficient (Wildman–Crippen LogP) is 5.48. The molecule has 7 nitrogen and oxygen atoms in total. The van der Waals surface area contributed by atoms with Gasteiger partial charge in [-0.15, -0.1) is 0 Å². The van der Waals surface area contributed by atoms with Gasteiger partial charge in [0, 0.05) is 23.6 Å². The fourth-order valence-electron chi connectivity index (χ4n) is 4.54. The van der Waals surface area contributed by atoms with Crippen molar-refractivity contribution in [2.45, 2.75) is 51.0 Å². The molecule has 1 saturated carbocycles. The minimum absolute atomic E-state index is 0.0125. The monoisotopic (exact) mass is 476 g/mol. The summed E-state index contributed by atoms with van der Waals surface area (Å²) >= 11 is 0. The molecule has 35 heavy (non-hydrogen) atoms. The van der Waals surface area contributed by atoms with Gasteiger partial charge in [-0.3, -0.25) is 5.32 Å². The highest BCUT2D eigenvalue weighted by Gasteiger charge is 2.37. The predicted molar refractivity (Wildman–Crippen MR) is 135 cm³/mol. The maximum atomic E-state index is 13.1. The second kappa shape index (κ2) is 11.2. The van der Waals surface area contributed by atoms with Crippen LogP contribution in [0.1, 0.15) is 66.9 Å². The summed E-state index contributed by atoms with van der Waals surface area (Å²) in [6.07, 6.45) is 2.78. The molecule has 7 heteroatoms. The third-order valence-electron chi connectivity index (χ3n) is 6.51. The van der Waals surface area contributed by atoms with Crippen molar-refractivity contribution in [3.05, 3.63) is 93.5 Å². The van der Waals surface area contributed by atoms with Gasteiger partial charge in [-0.25, -0.2) is 9.59 Å². The van der Waals surface area contributed by atoms with E-state index in [0.29, 0.717) is 24.4 Å². The number of anilines is 1. The first-order valence-corrected chi connectivity index (χ1v) is 12.1. The van der Waals surface area contributed by atoms with Crippen molar-refractivity contribution in [3.63, 3.8) is 0 Å². The van der Waals surface area contributed by atoms with E-state index in [9.17, 15) is 14.7 Å². The van der Waals surface area contributed by atoms with Gasteiger partial charge in [0.1, 0.15) is 18.1 Å². The number of carbonyl (C=O) groups excluding carboxylic acids is 1. The van der Waals surface area contributed by atoms with Gasteiger partial charge >= 0.3 is 11.7 Å². The van der Waals surface area contributed by atoms with Crippen molar-refractivity contribution in [1.82, 2.24) is 0 Å². The molecule has 3 aromatic rings. The lowest BCUT2D eigenvalue weighted by atomic mass is 9.86. The number of ether oxygens (including phenoxy) is 1. The number of carbonyl (C=O) groups is 1. The van der Waals surface area contributed by atoms with E-state index in [1.54, 1.807) is 12.1 Å². The number of aromatic hydroxyl groups is 1. The topological polar surface area (TPSA) is 115 Å². The molecule has 0 spiro atoms. The maximum Gasteiger partial charge on any atom is 0.411 e. The lowest BCUT2D eigenvalue weighted by Crippen LogP contribution is -2.18. The van der Waals surface area contributed by atoms with Crippen LogP contribution in [0.4, 0.5) is 10.5 Å². The highest BCUT2D eigenvalue weighted by molar-refractivity contribution is 5.84. The van der Waals surface area contributed by atoms with Crippen molar-refractivity contribution in [1.29, 1.82) is 0 Å². The van der Waals surface area contributed by atoms with Gasteiger partial charge in [-0.2, -0.15) is 0 Å². The molecule has 1 heterocycles. The normalized spacial score (nSPS) is 14.8. The molecule has 1 amide bonds. The zero-order valence-electron chi connectivity index (χ0n) is 19.9. The Morgan fingerprint density at radius 2 is 1.94 bits per heavy atom. The van der Waals surface area contributed by atoms with E-state index in [1.807, 2.05) is 55.5 Å². The molecule has 2 aromatic carbocycles. The molecule has 0 saturated heterocycles. The minimum atomic E-state index is -0.564. The highest BCUT2D eigenvalue weighted by atomic mass is 16.5. The number of rotatable bonds is 10. The first-order chi connectivity index (χ1) is 17.0. The largest absolute Gasteiger partial charge is 0.507 e. The average Bonchev–Trinajstić information content (AvgIpc) is 3.69. The van der Waals surface area contributed by atoms with Gasteiger partial charge in [0.05, 0.1) is 5.56 Å². The Morgan fingerprint density at radius 3 is 2.60 bits per heavy atom. The Labute approximate surface area is 204 Å². The number of benzene rings is 2. The third kappa shape index (κ3) is 6.11. The second-order valence-electron chi connectivity index (χ2n) is 9.04. The molecule has 0 bridgehead atoms. The Kier molecular flexibility index (Phi) is 7.87. The van der Waals surface area contributed by atoms with Crippen molar-refractivity contribution in [2.24, 2.45) is 11.7 Å². The van der Waals surface area contributed by atoms with Crippen LogP contribution in [0.25, 0.3) is 0 Å². The standard InChI is InChI=1S/C28H32N2O5/c1-2-19(13-14-29)24-16-23(31)26(27(32)35-24)25(20-11-12-20)21-9-6-10-22(15-21)30-28(33)34-17-18-7-4-3-5-8-18/h3-10,15-16,19-20,25,31H,2,11-14,17,29H2,1H3,(H,30,33). The zero-order valence-corrected chi connectivity index (χ0v) is 19.9. The summed E-state index contributed by atoms with van der Waals surface area (Å²) in [5.74, 6) is 0.305. The van der Waals surface area contributed by atoms with E-state index in [0.717, 1.165) is 30.4 Å². The molecule has 184 valence electrons. The smallest absolute Gasteiger partial charge is 0.411 e. The number of amides is 1. The van der Waals surface area contributed by atoms with Gasteiger partial charge in [-0.05, 0) is 61.4 Å².